The Morgan fingerprint density at radius 1 is 1.35 bits per heavy atom. The van der Waals surface area contributed by atoms with Crippen LogP contribution in [0, 0.1) is 0 Å². The number of hydrogen-bond donors (Lipinski definition) is 0. The predicted molar refractivity (Wildman–Crippen MR) is 66.2 cm³/mol. The van der Waals surface area contributed by atoms with Gasteiger partial charge in [-0.15, -0.1) is 0 Å². The van der Waals surface area contributed by atoms with Crippen LogP contribution in [0.25, 0.3) is 0 Å². The Bertz CT molecular complexity index is 548. The maximum atomic E-state index is 11.8. The summed E-state index contributed by atoms with van der Waals surface area (Å²) in [6, 6.07) is 5.33. The van der Waals surface area contributed by atoms with Crippen LogP contribution in [0.15, 0.2) is 41.6 Å². The number of hydrogen-bond acceptors (Lipinski definition) is 4. The van der Waals surface area contributed by atoms with Gasteiger partial charge in [0.25, 0.3) is 5.56 Å². The van der Waals surface area contributed by atoms with Crippen molar-refractivity contribution in [1.82, 2.24) is 14.8 Å². The van der Waals surface area contributed by atoms with Gasteiger partial charge >= 0.3 is 0 Å². The van der Waals surface area contributed by atoms with Gasteiger partial charge in [0.1, 0.15) is 0 Å². The monoisotopic (exact) mass is 230 g/mol. The third-order valence-electron chi connectivity index (χ3n) is 2.43. The van der Waals surface area contributed by atoms with Gasteiger partial charge in [-0.25, -0.2) is 4.68 Å². The summed E-state index contributed by atoms with van der Waals surface area (Å²) in [4.78, 5) is 17.7. The molecule has 0 aromatic carbocycles. The fraction of sp³-hybridized carbons (Fsp3) is 0.250. The van der Waals surface area contributed by atoms with Crippen LogP contribution in [0.3, 0.4) is 0 Å². The summed E-state index contributed by atoms with van der Waals surface area (Å²) in [5.74, 6) is 0. The lowest BCUT2D eigenvalue weighted by Crippen LogP contribution is -2.24. The third-order valence-corrected chi connectivity index (χ3v) is 2.43. The number of nitrogens with zero attached hydrogens (tertiary/aromatic N) is 4. The SMILES string of the molecule is CN(C)c1cnn(Cc2cccnc2)c(=O)c1. The maximum Gasteiger partial charge on any atom is 0.269 e. The molecule has 88 valence electrons. The fourth-order valence-corrected chi connectivity index (χ4v) is 1.45. The van der Waals surface area contributed by atoms with Crippen molar-refractivity contribution in [2.75, 3.05) is 19.0 Å². The predicted octanol–water partition coefficient (Wildman–Crippen LogP) is 0.753. The van der Waals surface area contributed by atoms with Gasteiger partial charge in [0.05, 0.1) is 18.4 Å². The van der Waals surface area contributed by atoms with Gasteiger partial charge < -0.3 is 4.90 Å². The molecule has 0 aliphatic heterocycles. The van der Waals surface area contributed by atoms with E-state index >= 15 is 0 Å². The van der Waals surface area contributed by atoms with Crippen LogP contribution in [0.4, 0.5) is 5.69 Å². The highest BCUT2D eigenvalue weighted by Gasteiger charge is 2.02. The van der Waals surface area contributed by atoms with E-state index in [4.69, 9.17) is 0 Å². The standard InChI is InChI=1S/C12H14N4O/c1-15(2)11-6-12(17)16(14-8-11)9-10-4-3-5-13-7-10/h3-8H,9H2,1-2H3. The van der Waals surface area contributed by atoms with Gasteiger partial charge in [-0.05, 0) is 11.6 Å². The molecule has 2 aromatic heterocycles. The second-order valence-electron chi connectivity index (χ2n) is 3.97. The molecule has 0 spiro atoms. The average molecular weight is 230 g/mol. The summed E-state index contributed by atoms with van der Waals surface area (Å²) in [5, 5.41) is 4.13. The van der Waals surface area contributed by atoms with Crippen LogP contribution in [-0.4, -0.2) is 28.9 Å². The highest BCUT2D eigenvalue weighted by molar-refractivity contribution is 5.40. The van der Waals surface area contributed by atoms with E-state index in [0.717, 1.165) is 11.3 Å². The number of pyridine rings is 1. The largest absolute Gasteiger partial charge is 0.376 e. The van der Waals surface area contributed by atoms with Crippen LogP contribution >= 0.6 is 0 Å². The molecule has 0 atom stereocenters. The van der Waals surface area contributed by atoms with Crippen LogP contribution in [0.1, 0.15) is 5.56 Å². The van der Waals surface area contributed by atoms with Crippen molar-refractivity contribution in [3.8, 4) is 0 Å². The Kier molecular flexibility index (Phi) is 3.18. The van der Waals surface area contributed by atoms with E-state index in [2.05, 4.69) is 10.1 Å². The first-order valence-corrected chi connectivity index (χ1v) is 5.30. The molecule has 5 nitrogen and oxygen atoms in total. The van der Waals surface area contributed by atoms with E-state index in [0.29, 0.717) is 6.54 Å². The minimum Gasteiger partial charge on any atom is -0.376 e. The molecule has 0 saturated carbocycles. The average Bonchev–Trinajstić information content (AvgIpc) is 2.33. The molecular weight excluding hydrogens is 216 g/mol. The van der Waals surface area contributed by atoms with E-state index in [1.807, 2.05) is 31.1 Å². The van der Waals surface area contributed by atoms with E-state index < -0.39 is 0 Å². The van der Waals surface area contributed by atoms with Crippen molar-refractivity contribution in [3.05, 3.63) is 52.7 Å². The van der Waals surface area contributed by atoms with E-state index in [1.165, 1.54) is 4.68 Å². The molecule has 0 fully saturated rings. The third kappa shape index (κ3) is 2.69. The van der Waals surface area contributed by atoms with Crippen molar-refractivity contribution >= 4 is 5.69 Å². The molecule has 2 heterocycles. The molecule has 0 N–H and O–H groups in total. The fourth-order valence-electron chi connectivity index (χ4n) is 1.45. The zero-order valence-corrected chi connectivity index (χ0v) is 9.87. The first kappa shape index (κ1) is 11.3. The van der Waals surface area contributed by atoms with Crippen molar-refractivity contribution in [3.63, 3.8) is 0 Å². The molecule has 0 amide bonds. The summed E-state index contributed by atoms with van der Waals surface area (Å²) < 4.78 is 1.42. The topological polar surface area (TPSA) is 51.0 Å². The van der Waals surface area contributed by atoms with Crippen molar-refractivity contribution < 1.29 is 0 Å². The van der Waals surface area contributed by atoms with Gasteiger partial charge in [-0.1, -0.05) is 6.07 Å². The lowest BCUT2D eigenvalue weighted by molar-refractivity contribution is 0.637. The highest BCUT2D eigenvalue weighted by atomic mass is 16.1. The normalized spacial score (nSPS) is 10.2. The summed E-state index contributed by atoms with van der Waals surface area (Å²) in [6.45, 7) is 0.445. The minimum atomic E-state index is -0.111. The summed E-state index contributed by atoms with van der Waals surface area (Å²) in [6.07, 6.45) is 5.11. The van der Waals surface area contributed by atoms with Gasteiger partial charge in [0.2, 0.25) is 0 Å². The van der Waals surface area contributed by atoms with Crippen molar-refractivity contribution in [1.29, 1.82) is 0 Å². The molecule has 0 bridgehead atoms. The molecular formula is C12H14N4O. The zero-order valence-electron chi connectivity index (χ0n) is 9.87. The lowest BCUT2D eigenvalue weighted by Gasteiger charge is -2.12. The second kappa shape index (κ2) is 4.78. The molecule has 17 heavy (non-hydrogen) atoms. The molecule has 0 saturated heterocycles. The maximum absolute atomic E-state index is 11.8. The van der Waals surface area contributed by atoms with Gasteiger partial charge in [0.15, 0.2) is 0 Å². The van der Waals surface area contributed by atoms with Crippen molar-refractivity contribution in [2.24, 2.45) is 0 Å². The zero-order chi connectivity index (χ0) is 12.3. The first-order chi connectivity index (χ1) is 8.16. The lowest BCUT2D eigenvalue weighted by atomic mass is 10.3. The van der Waals surface area contributed by atoms with Gasteiger partial charge in [-0.2, -0.15) is 5.10 Å². The van der Waals surface area contributed by atoms with Gasteiger partial charge in [-0.3, -0.25) is 9.78 Å². The van der Waals surface area contributed by atoms with Crippen LogP contribution < -0.4 is 10.5 Å². The second-order valence-corrected chi connectivity index (χ2v) is 3.97. The Hall–Kier alpha value is -2.17. The van der Waals surface area contributed by atoms with Crippen molar-refractivity contribution in [2.45, 2.75) is 6.54 Å². The summed E-state index contributed by atoms with van der Waals surface area (Å²) in [5.41, 5.74) is 1.65. The van der Waals surface area contributed by atoms with Crippen LogP contribution in [-0.2, 0) is 6.54 Å². The molecule has 2 aromatic rings. The van der Waals surface area contributed by atoms with E-state index in [-0.39, 0.29) is 5.56 Å². The summed E-state index contributed by atoms with van der Waals surface area (Å²) in [7, 11) is 3.75. The molecule has 5 heteroatoms. The first-order valence-electron chi connectivity index (χ1n) is 5.30. The Labute approximate surface area is 99.3 Å². The van der Waals surface area contributed by atoms with E-state index in [9.17, 15) is 4.79 Å². The van der Waals surface area contributed by atoms with Gasteiger partial charge in [0, 0.05) is 32.6 Å². The molecule has 0 aliphatic carbocycles. The highest BCUT2D eigenvalue weighted by Crippen LogP contribution is 2.04. The Morgan fingerprint density at radius 3 is 2.76 bits per heavy atom. The minimum absolute atomic E-state index is 0.111. The quantitative estimate of drug-likeness (QED) is 0.781. The molecule has 0 radical (unpaired) electrons. The Morgan fingerprint density at radius 2 is 2.18 bits per heavy atom. The molecule has 0 aliphatic rings. The number of rotatable bonds is 3. The molecule has 0 unspecified atom stereocenters. The van der Waals surface area contributed by atoms with Crippen LogP contribution in [0.5, 0.6) is 0 Å². The van der Waals surface area contributed by atoms with E-state index in [1.54, 1.807) is 24.7 Å². The molecule has 2 rings (SSSR count). The number of anilines is 1. The van der Waals surface area contributed by atoms with Crippen LogP contribution in [0.2, 0.25) is 0 Å². The summed E-state index contributed by atoms with van der Waals surface area (Å²) >= 11 is 0. The number of aromatic nitrogens is 3. The smallest absolute Gasteiger partial charge is 0.269 e. The Balaban J connectivity index is 2.26.